The third-order valence-electron chi connectivity index (χ3n) is 3.31. The first kappa shape index (κ1) is 12.5. The molecule has 0 aromatic carbocycles. The van der Waals surface area contributed by atoms with E-state index in [1.807, 2.05) is 11.9 Å². The molecule has 1 saturated carbocycles. The Balaban J connectivity index is 2.03. The van der Waals surface area contributed by atoms with Crippen molar-refractivity contribution in [2.75, 3.05) is 20.1 Å². The Labute approximate surface area is 93.0 Å². The molecule has 0 bridgehead atoms. The molecular weight excluding hydrogens is 188 g/mol. The smallest absolute Gasteiger partial charge is 0.222 e. The molecule has 0 spiro atoms. The van der Waals surface area contributed by atoms with Crippen molar-refractivity contribution in [1.29, 1.82) is 0 Å². The number of hydrogen-bond acceptors (Lipinski definition) is 2. The van der Waals surface area contributed by atoms with Gasteiger partial charge in [-0.1, -0.05) is 12.8 Å². The van der Waals surface area contributed by atoms with Crippen molar-refractivity contribution in [3.05, 3.63) is 0 Å². The van der Waals surface area contributed by atoms with Gasteiger partial charge in [0.1, 0.15) is 0 Å². The highest BCUT2D eigenvalue weighted by molar-refractivity contribution is 5.76. The van der Waals surface area contributed by atoms with Gasteiger partial charge in [0.15, 0.2) is 0 Å². The summed E-state index contributed by atoms with van der Waals surface area (Å²) in [5.41, 5.74) is 5.42. The summed E-state index contributed by atoms with van der Waals surface area (Å²) in [7, 11) is 1.92. The summed E-state index contributed by atoms with van der Waals surface area (Å²) in [6.07, 6.45) is 7.90. The lowest BCUT2D eigenvalue weighted by Gasteiger charge is -2.27. The fourth-order valence-electron chi connectivity index (χ4n) is 1.89. The summed E-state index contributed by atoms with van der Waals surface area (Å²) in [5.74, 6) is 1.01. The van der Waals surface area contributed by atoms with E-state index in [2.05, 4.69) is 0 Å². The lowest BCUT2D eigenvalue weighted by atomic mass is 9.83. The Morgan fingerprint density at radius 1 is 1.33 bits per heavy atom. The van der Waals surface area contributed by atoms with E-state index in [1.165, 1.54) is 19.3 Å². The molecule has 0 atom stereocenters. The van der Waals surface area contributed by atoms with Crippen molar-refractivity contribution in [3.63, 3.8) is 0 Å². The summed E-state index contributed by atoms with van der Waals surface area (Å²) in [4.78, 5) is 13.6. The molecule has 0 aliphatic heterocycles. The molecule has 15 heavy (non-hydrogen) atoms. The lowest BCUT2D eigenvalue weighted by molar-refractivity contribution is -0.131. The van der Waals surface area contributed by atoms with Gasteiger partial charge in [-0.15, -0.1) is 0 Å². The molecule has 0 heterocycles. The minimum atomic E-state index is 0.326. The van der Waals surface area contributed by atoms with Gasteiger partial charge in [-0.3, -0.25) is 4.79 Å². The Bertz CT molecular complexity index is 190. The van der Waals surface area contributed by atoms with Crippen molar-refractivity contribution in [2.24, 2.45) is 11.7 Å². The van der Waals surface area contributed by atoms with Crippen LogP contribution in [0.15, 0.2) is 0 Å². The predicted molar refractivity (Wildman–Crippen MR) is 62.5 cm³/mol. The minimum absolute atomic E-state index is 0.326. The number of carbonyl (C=O) groups is 1. The van der Waals surface area contributed by atoms with Gasteiger partial charge in [0.05, 0.1) is 0 Å². The van der Waals surface area contributed by atoms with Crippen LogP contribution < -0.4 is 5.73 Å². The third kappa shape index (κ3) is 4.65. The van der Waals surface area contributed by atoms with Gasteiger partial charge in [-0.05, 0) is 38.1 Å². The number of rotatable bonds is 7. The zero-order chi connectivity index (χ0) is 11.1. The van der Waals surface area contributed by atoms with E-state index in [9.17, 15) is 4.79 Å². The largest absolute Gasteiger partial charge is 0.346 e. The fourth-order valence-corrected chi connectivity index (χ4v) is 1.89. The zero-order valence-corrected chi connectivity index (χ0v) is 9.87. The number of nitrogens with zero attached hydrogens (tertiary/aromatic N) is 1. The predicted octanol–water partition coefficient (Wildman–Crippen LogP) is 1.76. The van der Waals surface area contributed by atoms with E-state index in [1.54, 1.807) is 0 Å². The van der Waals surface area contributed by atoms with Crippen molar-refractivity contribution in [3.8, 4) is 0 Å². The second-order valence-electron chi connectivity index (χ2n) is 4.67. The summed E-state index contributed by atoms with van der Waals surface area (Å²) < 4.78 is 0. The molecule has 0 aromatic rings. The van der Waals surface area contributed by atoms with Gasteiger partial charge in [0, 0.05) is 20.0 Å². The van der Waals surface area contributed by atoms with Gasteiger partial charge >= 0.3 is 0 Å². The average Bonchev–Trinajstić information content (AvgIpc) is 2.17. The van der Waals surface area contributed by atoms with Crippen LogP contribution in [0.25, 0.3) is 0 Å². The molecule has 1 rings (SSSR count). The quantitative estimate of drug-likeness (QED) is 0.654. The summed E-state index contributed by atoms with van der Waals surface area (Å²) in [5, 5.41) is 0. The molecule has 0 aromatic heterocycles. The molecule has 3 heteroatoms. The number of hydrogen-bond donors (Lipinski definition) is 1. The topological polar surface area (TPSA) is 46.3 Å². The van der Waals surface area contributed by atoms with Crippen LogP contribution in [0.5, 0.6) is 0 Å². The molecule has 0 radical (unpaired) electrons. The maximum Gasteiger partial charge on any atom is 0.222 e. The summed E-state index contributed by atoms with van der Waals surface area (Å²) in [6, 6.07) is 0. The number of amides is 1. The van der Waals surface area contributed by atoms with Gasteiger partial charge in [0.25, 0.3) is 0 Å². The van der Waals surface area contributed by atoms with E-state index < -0.39 is 0 Å². The molecule has 0 saturated heterocycles. The Morgan fingerprint density at radius 3 is 2.60 bits per heavy atom. The third-order valence-corrected chi connectivity index (χ3v) is 3.31. The van der Waals surface area contributed by atoms with Crippen LogP contribution in [-0.4, -0.2) is 30.9 Å². The maximum atomic E-state index is 11.7. The molecule has 0 unspecified atom stereocenters. The summed E-state index contributed by atoms with van der Waals surface area (Å²) >= 11 is 0. The molecule has 1 aliphatic rings. The van der Waals surface area contributed by atoms with Crippen molar-refractivity contribution in [1.82, 2.24) is 4.90 Å². The van der Waals surface area contributed by atoms with E-state index in [4.69, 9.17) is 5.73 Å². The van der Waals surface area contributed by atoms with Crippen LogP contribution in [0, 0.1) is 5.92 Å². The minimum Gasteiger partial charge on any atom is -0.346 e. The normalized spacial score (nSPS) is 16.1. The number of unbranched alkanes of at least 4 members (excludes halogenated alkanes) is 2. The average molecular weight is 212 g/mol. The lowest BCUT2D eigenvalue weighted by Crippen LogP contribution is -2.30. The number of nitrogens with two attached hydrogens (primary N) is 1. The zero-order valence-electron chi connectivity index (χ0n) is 9.87. The second kappa shape index (κ2) is 6.83. The van der Waals surface area contributed by atoms with Gasteiger partial charge in [-0.2, -0.15) is 0 Å². The molecule has 1 aliphatic carbocycles. The highest BCUT2D eigenvalue weighted by Crippen LogP contribution is 2.29. The van der Waals surface area contributed by atoms with Gasteiger partial charge < -0.3 is 10.6 Å². The Morgan fingerprint density at radius 2 is 2.07 bits per heavy atom. The second-order valence-corrected chi connectivity index (χ2v) is 4.67. The van der Waals surface area contributed by atoms with E-state index >= 15 is 0 Å². The highest BCUT2D eigenvalue weighted by atomic mass is 16.2. The number of carbonyl (C=O) groups excluding carboxylic acids is 1. The van der Waals surface area contributed by atoms with Crippen LogP contribution in [0.4, 0.5) is 0 Å². The molecule has 1 amide bonds. The van der Waals surface area contributed by atoms with Crippen LogP contribution >= 0.6 is 0 Å². The highest BCUT2D eigenvalue weighted by Gasteiger charge is 2.21. The molecular formula is C12H24N2O. The van der Waals surface area contributed by atoms with E-state index in [-0.39, 0.29) is 0 Å². The summed E-state index contributed by atoms with van der Waals surface area (Å²) in [6.45, 7) is 1.66. The van der Waals surface area contributed by atoms with Gasteiger partial charge in [0.2, 0.25) is 5.91 Å². The molecule has 3 nitrogen and oxygen atoms in total. The van der Waals surface area contributed by atoms with Crippen LogP contribution in [-0.2, 0) is 4.79 Å². The first-order chi connectivity index (χ1) is 7.24. The van der Waals surface area contributed by atoms with E-state index in [0.717, 1.165) is 38.8 Å². The van der Waals surface area contributed by atoms with Gasteiger partial charge in [-0.25, -0.2) is 0 Å². The van der Waals surface area contributed by atoms with Crippen molar-refractivity contribution < 1.29 is 4.79 Å². The fraction of sp³-hybridized carbons (Fsp3) is 0.917. The standard InChI is InChI=1S/C12H24N2O/c1-14(9-4-2-3-8-13)12(15)10-11-6-5-7-11/h11H,2-10,13H2,1H3. The first-order valence-corrected chi connectivity index (χ1v) is 6.18. The van der Waals surface area contributed by atoms with E-state index in [0.29, 0.717) is 11.8 Å². The molecule has 88 valence electrons. The SMILES string of the molecule is CN(CCCCCN)C(=O)CC1CCC1. The maximum absolute atomic E-state index is 11.7. The monoisotopic (exact) mass is 212 g/mol. The molecule has 1 fully saturated rings. The van der Waals surface area contributed by atoms with Crippen LogP contribution in [0.1, 0.15) is 44.9 Å². The molecule has 2 N–H and O–H groups in total. The van der Waals surface area contributed by atoms with Crippen molar-refractivity contribution in [2.45, 2.75) is 44.9 Å². The van der Waals surface area contributed by atoms with Crippen LogP contribution in [0.3, 0.4) is 0 Å². The van der Waals surface area contributed by atoms with Crippen molar-refractivity contribution >= 4 is 5.91 Å². The Hall–Kier alpha value is -0.570. The van der Waals surface area contributed by atoms with Crippen LogP contribution in [0.2, 0.25) is 0 Å². The first-order valence-electron chi connectivity index (χ1n) is 6.18. The Kier molecular flexibility index (Phi) is 5.69.